The summed E-state index contributed by atoms with van der Waals surface area (Å²) in [5.41, 5.74) is 0. The van der Waals surface area contributed by atoms with E-state index in [1.54, 1.807) is 0 Å². The molecular weight excluding hydrogens is 472 g/mol. The monoisotopic (exact) mass is 496 g/mol. The number of rotatable bonds is 8. The second-order valence-corrected chi connectivity index (χ2v) is 9.27. The lowest BCUT2D eigenvalue weighted by atomic mass is 9.97. The fraction of sp³-hybridized carbons (Fsp3) is 1.00. The highest BCUT2D eigenvalue weighted by Crippen LogP contribution is 2.37. The van der Waals surface area contributed by atoms with Crippen molar-refractivity contribution in [2.75, 3.05) is 20.3 Å². The van der Waals surface area contributed by atoms with Gasteiger partial charge in [0, 0.05) is 7.11 Å². The number of aliphatic hydroxyl groups excluding tert-OH is 2. The minimum absolute atomic E-state index is 0.0144. The van der Waals surface area contributed by atoms with Crippen LogP contribution in [0.25, 0.3) is 0 Å². The molecule has 3 aliphatic rings. The molecule has 0 amide bonds. The Bertz CT molecular complexity index is 831. The van der Waals surface area contributed by atoms with Crippen molar-refractivity contribution >= 4 is 20.8 Å². The van der Waals surface area contributed by atoms with Gasteiger partial charge in [-0.25, -0.2) is 8.37 Å². The standard InChI is InChI=1S/C14H24O15S2/c1-5-9(28-30(17,18)19)13-10(7(25-5)4-24-13)27-14-8(16)12(23-2)11(6(3-15)26-14)29-31(20,21)22/h5-16H,3-4H2,1-2H3,(H,17,18,19)(H,20,21,22). The summed E-state index contributed by atoms with van der Waals surface area (Å²) in [5.74, 6) is 0. The lowest BCUT2D eigenvalue weighted by Gasteiger charge is -2.45. The fourth-order valence-corrected chi connectivity index (χ4v) is 4.96. The smallest absolute Gasteiger partial charge is 0.394 e. The highest BCUT2D eigenvalue weighted by atomic mass is 32.3. The molecule has 3 rings (SSSR count). The molecule has 3 aliphatic heterocycles. The zero-order valence-corrected chi connectivity index (χ0v) is 17.9. The van der Waals surface area contributed by atoms with Gasteiger partial charge in [-0.05, 0) is 6.92 Å². The van der Waals surface area contributed by atoms with Crippen molar-refractivity contribution in [3.63, 3.8) is 0 Å². The zero-order chi connectivity index (χ0) is 23.1. The van der Waals surface area contributed by atoms with E-state index in [-0.39, 0.29) is 6.61 Å². The van der Waals surface area contributed by atoms with E-state index < -0.39 is 88.6 Å². The van der Waals surface area contributed by atoms with Gasteiger partial charge in [0.05, 0.1) is 19.3 Å². The van der Waals surface area contributed by atoms with Gasteiger partial charge in [0.2, 0.25) is 0 Å². The van der Waals surface area contributed by atoms with E-state index in [0.717, 1.165) is 7.11 Å². The third kappa shape index (κ3) is 5.69. The summed E-state index contributed by atoms with van der Waals surface area (Å²) in [6.07, 6.45) is -12.4. The van der Waals surface area contributed by atoms with E-state index in [1.807, 2.05) is 0 Å². The third-order valence-electron chi connectivity index (χ3n) is 5.14. The van der Waals surface area contributed by atoms with Crippen molar-refractivity contribution in [1.29, 1.82) is 0 Å². The van der Waals surface area contributed by atoms with Crippen molar-refractivity contribution < 1.29 is 68.2 Å². The Labute approximate surface area is 178 Å². The second-order valence-electron chi connectivity index (χ2n) is 7.17. The second kappa shape index (κ2) is 9.37. The SMILES string of the molecule is COC1C(O)C(OC2C3COC2C(OS(=O)(=O)O)C(C)O3)OC(CO)C1OS(=O)(=O)O. The normalized spacial score (nSPS) is 43.8. The molecule has 3 heterocycles. The maximum atomic E-state index is 11.2. The van der Waals surface area contributed by atoms with Crippen molar-refractivity contribution in [3.8, 4) is 0 Å². The molecule has 0 aromatic carbocycles. The van der Waals surface area contributed by atoms with Crippen LogP contribution in [0, 0.1) is 0 Å². The van der Waals surface area contributed by atoms with Gasteiger partial charge in [0.15, 0.2) is 6.29 Å². The van der Waals surface area contributed by atoms with E-state index >= 15 is 0 Å². The van der Waals surface area contributed by atoms with E-state index in [2.05, 4.69) is 8.37 Å². The van der Waals surface area contributed by atoms with Crippen LogP contribution in [0.1, 0.15) is 6.92 Å². The molecule has 0 radical (unpaired) electrons. The summed E-state index contributed by atoms with van der Waals surface area (Å²) in [6.45, 7) is 0.703. The van der Waals surface area contributed by atoms with Crippen molar-refractivity contribution in [3.05, 3.63) is 0 Å². The first-order valence-electron chi connectivity index (χ1n) is 9.05. The predicted molar refractivity (Wildman–Crippen MR) is 94.3 cm³/mol. The van der Waals surface area contributed by atoms with Crippen LogP contribution in [0.4, 0.5) is 0 Å². The number of aliphatic hydroxyl groups is 2. The molecule has 10 atom stereocenters. The first-order chi connectivity index (χ1) is 14.3. The summed E-state index contributed by atoms with van der Waals surface area (Å²) in [4.78, 5) is 0. The summed E-state index contributed by atoms with van der Waals surface area (Å²) in [7, 11) is -8.70. The highest BCUT2D eigenvalue weighted by molar-refractivity contribution is 7.81. The van der Waals surface area contributed by atoms with Gasteiger partial charge in [-0.2, -0.15) is 16.8 Å². The zero-order valence-electron chi connectivity index (χ0n) is 16.3. The first kappa shape index (κ1) is 25.1. The molecule has 3 fully saturated rings. The van der Waals surface area contributed by atoms with Crippen LogP contribution in [-0.4, -0.2) is 118 Å². The molecule has 10 unspecified atom stereocenters. The Morgan fingerprint density at radius 2 is 1.58 bits per heavy atom. The number of methoxy groups -OCH3 is 1. The van der Waals surface area contributed by atoms with Gasteiger partial charge in [-0.1, -0.05) is 0 Å². The van der Waals surface area contributed by atoms with Gasteiger partial charge in [-0.3, -0.25) is 9.11 Å². The largest absolute Gasteiger partial charge is 0.397 e. The van der Waals surface area contributed by atoms with Crippen molar-refractivity contribution in [2.45, 2.75) is 68.1 Å². The number of ether oxygens (including phenoxy) is 5. The maximum Gasteiger partial charge on any atom is 0.397 e. The lowest BCUT2D eigenvalue weighted by molar-refractivity contribution is -0.326. The van der Waals surface area contributed by atoms with E-state index in [9.17, 15) is 27.0 Å². The quantitative estimate of drug-likeness (QED) is 0.247. The highest BCUT2D eigenvalue weighted by Gasteiger charge is 2.56. The van der Waals surface area contributed by atoms with Crippen LogP contribution in [0.5, 0.6) is 0 Å². The lowest BCUT2D eigenvalue weighted by Crippen LogP contribution is -2.63. The Morgan fingerprint density at radius 3 is 2.13 bits per heavy atom. The molecule has 0 saturated carbocycles. The molecule has 15 nitrogen and oxygen atoms in total. The molecule has 0 spiro atoms. The molecule has 2 bridgehead atoms. The number of fused-ring (bicyclic) bond motifs is 2. The third-order valence-corrected chi connectivity index (χ3v) is 6.07. The average molecular weight is 496 g/mol. The van der Waals surface area contributed by atoms with E-state index in [0.29, 0.717) is 0 Å². The van der Waals surface area contributed by atoms with Crippen LogP contribution in [0.3, 0.4) is 0 Å². The van der Waals surface area contributed by atoms with Gasteiger partial charge in [0.1, 0.15) is 48.8 Å². The Hall–Kier alpha value is -0.540. The van der Waals surface area contributed by atoms with E-state index in [4.69, 9.17) is 32.8 Å². The maximum absolute atomic E-state index is 11.2. The Balaban J connectivity index is 1.79. The average Bonchev–Trinajstić information content (AvgIpc) is 2.94. The van der Waals surface area contributed by atoms with Crippen LogP contribution < -0.4 is 0 Å². The molecular formula is C14H24O15S2. The molecule has 182 valence electrons. The minimum atomic E-state index is -4.98. The van der Waals surface area contributed by atoms with Gasteiger partial charge in [-0.15, -0.1) is 0 Å². The van der Waals surface area contributed by atoms with Gasteiger partial charge in [0.25, 0.3) is 0 Å². The summed E-state index contributed by atoms with van der Waals surface area (Å²) >= 11 is 0. The molecule has 0 aromatic rings. The summed E-state index contributed by atoms with van der Waals surface area (Å²) in [5, 5.41) is 20.1. The van der Waals surface area contributed by atoms with Gasteiger partial charge >= 0.3 is 20.8 Å². The fourth-order valence-electron chi connectivity index (χ4n) is 3.90. The molecule has 0 aliphatic carbocycles. The van der Waals surface area contributed by atoms with Crippen molar-refractivity contribution in [1.82, 2.24) is 0 Å². The predicted octanol–water partition coefficient (Wildman–Crippen LogP) is -2.97. The van der Waals surface area contributed by atoms with Crippen LogP contribution >= 0.6 is 0 Å². The number of hydrogen-bond donors (Lipinski definition) is 4. The molecule has 4 N–H and O–H groups in total. The van der Waals surface area contributed by atoms with Crippen molar-refractivity contribution in [2.24, 2.45) is 0 Å². The summed E-state index contributed by atoms with van der Waals surface area (Å²) < 4.78 is 99.0. The van der Waals surface area contributed by atoms with Crippen LogP contribution in [-0.2, 0) is 52.8 Å². The topological polar surface area (TPSA) is 214 Å². The minimum Gasteiger partial charge on any atom is -0.394 e. The van der Waals surface area contributed by atoms with Crippen LogP contribution in [0.15, 0.2) is 0 Å². The van der Waals surface area contributed by atoms with Crippen LogP contribution in [0.2, 0.25) is 0 Å². The molecule has 17 heteroatoms. The number of hydrogen-bond acceptors (Lipinski definition) is 13. The molecule has 0 aromatic heterocycles. The first-order valence-corrected chi connectivity index (χ1v) is 11.8. The Kier molecular flexibility index (Phi) is 7.58. The molecule has 31 heavy (non-hydrogen) atoms. The van der Waals surface area contributed by atoms with E-state index in [1.165, 1.54) is 6.92 Å². The summed E-state index contributed by atoms with van der Waals surface area (Å²) in [6, 6.07) is 0. The van der Waals surface area contributed by atoms with Gasteiger partial charge < -0.3 is 33.9 Å². The molecule has 3 saturated heterocycles. The Morgan fingerprint density at radius 1 is 0.968 bits per heavy atom.